The molecule has 1 N–H and O–H groups in total. The monoisotopic (exact) mass is 193 g/mol. The summed E-state index contributed by atoms with van der Waals surface area (Å²) in [7, 11) is 0. The molecular formula is C11H19N3. The normalized spacial score (nSPS) is 10.6. The van der Waals surface area contributed by atoms with Crippen LogP contribution in [0.1, 0.15) is 44.4 Å². The summed E-state index contributed by atoms with van der Waals surface area (Å²) in [5.41, 5.74) is 2.31. The third kappa shape index (κ3) is 2.69. The number of hydrogen-bond acceptors (Lipinski definition) is 3. The van der Waals surface area contributed by atoms with Crippen LogP contribution in [0, 0.1) is 6.92 Å². The molecule has 0 atom stereocenters. The van der Waals surface area contributed by atoms with Gasteiger partial charge in [-0.1, -0.05) is 20.8 Å². The van der Waals surface area contributed by atoms with Crippen molar-refractivity contribution in [3.05, 3.63) is 17.3 Å². The second-order valence-corrected chi connectivity index (χ2v) is 3.88. The predicted octanol–water partition coefficient (Wildman–Crippen LogP) is 2.73. The van der Waals surface area contributed by atoms with Gasteiger partial charge >= 0.3 is 0 Å². The van der Waals surface area contributed by atoms with E-state index in [0.717, 1.165) is 24.5 Å². The van der Waals surface area contributed by atoms with Gasteiger partial charge in [0.1, 0.15) is 5.82 Å². The van der Waals surface area contributed by atoms with Gasteiger partial charge < -0.3 is 5.32 Å². The molecule has 0 unspecified atom stereocenters. The summed E-state index contributed by atoms with van der Waals surface area (Å²) in [6, 6.07) is 2.07. The van der Waals surface area contributed by atoms with E-state index >= 15 is 0 Å². The first-order valence-corrected chi connectivity index (χ1v) is 5.23. The maximum atomic E-state index is 4.22. The molecule has 3 nitrogen and oxygen atoms in total. The number of rotatable bonds is 4. The molecule has 1 heterocycles. The van der Waals surface area contributed by atoms with E-state index in [1.165, 1.54) is 5.56 Å². The van der Waals surface area contributed by atoms with Gasteiger partial charge in [-0.3, -0.25) is 0 Å². The molecule has 1 rings (SSSR count). The van der Waals surface area contributed by atoms with Gasteiger partial charge in [0, 0.05) is 6.54 Å². The Labute approximate surface area is 85.9 Å². The molecule has 0 bridgehead atoms. The maximum Gasteiger partial charge on any atom is 0.148 e. The van der Waals surface area contributed by atoms with Crippen molar-refractivity contribution >= 4 is 5.82 Å². The second-order valence-electron chi connectivity index (χ2n) is 3.88. The van der Waals surface area contributed by atoms with Crippen molar-refractivity contribution in [3.8, 4) is 0 Å². The molecule has 1 aromatic heterocycles. The molecule has 0 aliphatic heterocycles. The molecule has 0 saturated heterocycles. The number of nitrogens with zero attached hydrogens (tertiary/aromatic N) is 2. The van der Waals surface area contributed by atoms with E-state index in [-0.39, 0.29) is 0 Å². The van der Waals surface area contributed by atoms with Crippen molar-refractivity contribution in [1.29, 1.82) is 0 Å². The fourth-order valence-electron chi connectivity index (χ4n) is 1.40. The maximum absolute atomic E-state index is 4.22. The van der Waals surface area contributed by atoms with Crippen LogP contribution in [-0.4, -0.2) is 16.7 Å². The molecule has 0 fully saturated rings. The molecule has 0 aliphatic carbocycles. The Morgan fingerprint density at radius 2 is 2.07 bits per heavy atom. The molecule has 78 valence electrons. The van der Waals surface area contributed by atoms with E-state index in [2.05, 4.69) is 49.3 Å². The minimum Gasteiger partial charge on any atom is -0.369 e. The van der Waals surface area contributed by atoms with Crippen molar-refractivity contribution < 1.29 is 0 Å². The predicted molar refractivity (Wildman–Crippen MR) is 59.6 cm³/mol. The summed E-state index contributed by atoms with van der Waals surface area (Å²) in [4.78, 5) is 0. The van der Waals surface area contributed by atoms with Gasteiger partial charge in [-0.05, 0) is 30.9 Å². The molecular weight excluding hydrogens is 174 g/mol. The fourth-order valence-corrected chi connectivity index (χ4v) is 1.40. The highest BCUT2D eigenvalue weighted by atomic mass is 15.2. The van der Waals surface area contributed by atoms with Gasteiger partial charge in [-0.15, -0.1) is 5.10 Å². The number of anilines is 1. The fraction of sp³-hybridized carbons (Fsp3) is 0.636. The summed E-state index contributed by atoms with van der Waals surface area (Å²) in [6.45, 7) is 9.44. The smallest absolute Gasteiger partial charge is 0.148 e. The van der Waals surface area contributed by atoms with Crippen LogP contribution in [-0.2, 0) is 0 Å². The molecule has 0 aromatic carbocycles. The largest absolute Gasteiger partial charge is 0.369 e. The zero-order valence-electron chi connectivity index (χ0n) is 9.46. The van der Waals surface area contributed by atoms with E-state index in [0.29, 0.717) is 5.92 Å². The SMILES string of the molecule is CCCNc1cc(C)c(C(C)C)nn1. The number of aryl methyl sites for hydroxylation is 1. The molecule has 0 amide bonds. The van der Waals surface area contributed by atoms with Crippen LogP contribution in [0.2, 0.25) is 0 Å². The lowest BCUT2D eigenvalue weighted by Crippen LogP contribution is -2.06. The minimum atomic E-state index is 0.447. The van der Waals surface area contributed by atoms with Crippen molar-refractivity contribution in [3.63, 3.8) is 0 Å². The Balaban J connectivity index is 2.78. The van der Waals surface area contributed by atoms with E-state index in [1.807, 2.05) is 0 Å². The first-order valence-electron chi connectivity index (χ1n) is 5.23. The number of nitrogens with one attached hydrogen (secondary N) is 1. The highest BCUT2D eigenvalue weighted by Crippen LogP contribution is 2.17. The Kier molecular flexibility index (Phi) is 3.86. The zero-order chi connectivity index (χ0) is 10.6. The van der Waals surface area contributed by atoms with E-state index in [9.17, 15) is 0 Å². The number of aromatic nitrogens is 2. The molecule has 0 spiro atoms. The molecule has 3 heteroatoms. The Hall–Kier alpha value is -1.12. The topological polar surface area (TPSA) is 37.8 Å². The lowest BCUT2D eigenvalue weighted by Gasteiger charge is -2.09. The summed E-state index contributed by atoms with van der Waals surface area (Å²) in [6.07, 6.45) is 1.10. The van der Waals surface area contributed by atoms with Crippen molar-refractivity contribution in [2.24, 2.45) is 0 Å². The highest BCUT2D eigenvalue weighted by molar-refractivity contribution is 5.38. The molecule has 0 saturated carbocycles. The van der Waals surface area contributed by atoms with Crippen molar-refractivity contribution in [2.45, 2.75) is 40.0 Å². The van der Waals surface area contributed by atoms with Crippen molar-refractivity contribution in [2.75, 3.05) is 11.9 Å². The van der Waals surface area contributed by atoms with E-state index < -0.39 is 0 Å². The third-order valence-corrected chi connectivity index (χ3v) is 2.13. The summed E-state index contributed by atoms with van der Waals surface area (Å²) in [5, 5.41) is 11.6. The second kappa shape index (κ2) is 4.94. The molecule has 0 aliphatic rings. The Bertz CT molecular complexity index is 295. The van der Waals surface area contributed by atoms with Gasteiger partial charge in [0.25, 0.3) is 0 Å². The van der Waals surface area contributed by atoms with Crippen LogP contribution < -0.4 is 5.32 Å². The summed E-state index contributed by atoms with van der Waals surface area (Å²) >= 11 is 0. The van der Waals surface area contributed by atoms with E-state index in [1.54, 1.807) is 0 Å². The van der Waals surface area contributed by atoms with Gasteiger partial charge in [0.2, 0.25) is 0 Å². The molecule has 1 aromatic rings. The van der Waals surface area contributed by atoms with E-state index in [4.69, 9.17) is 0 Å². The number of hydrogen-bond donors (Lipinski definition) is 1. The lowest BCUT2D eigenvalue weighted by atomic mass is 10.1. The van der Waals surface area contributed by atoms with Crippen molar-refractivity contribution in [1.82, 2.24) is 10.2 Å². The average molecular weight is 193 g/mol. The van der Waals surface area contributed by atoms with Crippen LogP contribution in [0.5, 0.6) is 0 Å². The minimum absolute atomic E-state index is 0.447. The van der Waals surface area contributed by atoms with Gasteiger partial charge in [-0.25, -0.2) is 0 Å². The third-order valence-electron chi connectivity index (χ3n) is 2.13. The first kappa shape index (κ1) is 11.0. The molecule has 14 heavy (non-hydrogen) atoms. The Morgan fingerprint density at radius 3 is 2.57 bits per heavy atom. The summed E-state index contributed by atoms with van der Waals surface area (Å²) in [5.74, 6) is 1.33. The van der Waals surface area contributed by atoms with Crippen LogP contribution in [0.15, 0.2) is 6.07 Å². The van der Waals surface area contributed by atoms with Crippen LogP contribution in [0.3, 0.4) is 0 Å². The van der Waals surface area contributed by atoms with Crippen LogP contribution in [0.4, 0.5) is 5.82 Å². The van der Waals surface area contributed by atoms with Gasteiger partial charge in [0.05, 0.1) is 5.69 Å². The Morgan fingerprint density at radius 1 is 1.36 bits per heavy atom. The summed E-state index contributed by atoms with van der Waals surface area (Å²) < 4.78 is 0. The lowest BCUT2D eigenvalue weighted by molar-refractivity contribution is 0.773. The standard InChI is InChI=1S/C11H19N3/c1-5-6-12-10-7-9(4)11(8(2)3)14-13-10/h7-8H,5-6H2,1-4H3,(H,12,13). The highest BCUT2D eigenvalue weighted by Gasteiger charge is 2.06. The van der Waals surface area contributed by atoms with Gasteiger partial charge in [0.15, 0.2) is 0 Å². The zero-order valence-corrected chi connectivity index (χ0v) is 9.46. The van der Waals surface area contributed by atoms with Crippen LogP contribution >= 0.6 is 0 Å². The average Bonchev–Trinajstić information content (AvgIpc) is 2.14. The first-order chi connectivity index (χ1) is 6.65. The quantitative estimate of drug-likeness (QED) is 0.799. The molecule has 0 radical (unpaired) electrons. The van der Waals surface area contributed by atoms with Crippen LogP contribution in [0.25, 0.3) is 0 Å². The van der Waals surface area contributed by atoms with Gasteiger partial charge in [-0.2, -0.15) is 5.10 Å².